The van der Waals surface area contributed by atoms with E-state index in [0.29, 0.717) is 6.42 Å². The summed E-state index contributed by atoms with van der Waals surface area (Å²) in [6.45, 7) is 1.02. The molecule has 0 aromatic rings. The van der Waals surface area contributed by atoms with E-state index in [-0.39, 0.29) is 18.1 Å². The van der Waals surface area contributed by atoms with Gasteiger partial charge in [0.1, 0.15) is 6.04 Å². The maximum absolute atomic E-state index is 12.4. The van der Waals surface area contributed by atoms with Crippen molar-refractivity contribution in [2.45, 2.75) is 50.4 Å². The van der Waals surface area contributed by atoms with Crippen molar-refractivity contribution in [2.24, 2.45) is 0 Å². The molecule has 17 heavy (non-hydrogen) atoms. The fraction of sp³-hybridized carbons (Fsp3) is 0.833. The van der Waals surface area contributed by atoms with Crippen molar-refractivity contribution in [1.29, 1.82) is 0 Å². The third kappa shape index (κ3) is 1.29. The van der Waals surface area contributed by atoms with Crippen LogP contribution in [0.1, 0.15) is 32.1 Å². The van der Waals surface area contributed by atoms with Crippen LogP contribution in [0.15, 0.2) is 0 Å². The molecule has 0 aromatic carbocycles. The molecule has 3 heterocycles. The molecule has 3 aliphatic rings. The predicted molar refractivity (Wildman–Crippen MR) is 60.0 cm³/mol. The van der Waals surface area contributed by atoms with E-state index in [1.165, 1.54) is 0 Å². The Morgan fingerprint density at radius 1 is 1.35 bits per heavy atom. The minimum absolute atomic E-state index is 0.0277. The van der Waals surface area contributed by atoms with E-state index in [4.69, 9.17) is 0 Å². The maximum atomic E-state index is 12.4. The summed E-state index contributed by atoms with van der Waals surface area (Å²) in [5.74, 6) is -0.752. The summed E-state index contributed by atoms with van der Waals surface area (Å²) in [4.78, 5) is 25.3. The Morgan fingerprint density at radius 3 is 2.82 bits per heavy atom. The Labute approximate surface area is 101 Å². The van der Waals surface area contributed by atoms with Gasteiger partial charge in [-0.1, -0.05) is 0 Å². The number of carbonyl (C=O) groups excluding carboxylic acids is 1. The zero-order valence-corrected chi connectivity index (χ0v) is 10.1. The number of piperidine rings is 1. The van der Waals surface area contributed by atoms with Gasteiger partial charge in [-0.2, -0.15) is 0 Å². The largest absolute Gasteiger partial charge is 0.480 e. The van der Waals surface area contributed by atoms with Gasteiger partial charge in [0.25, 0.3) is 5.91 Å². The molecule has 0 spiro atoms. The number of aliphatic carboxylic acids is 1. The first-order chi connectivity index (χ1) is 8.05. The Hall–Kier alpha value is -1.10. The molecular formula is C12H19N2O3+. The lowest BCUT2D eigenvalue weighted by Gasteiger charge is -2.41. The van der Waals surface area contributed by atoms with Crippen LogP contribution >= 0.6 is 0 Å². The van der Waals surface area contributed by atoms with Crippen molar-refractivity contribution in [1.82, 2.24) is 4.90 Å². The molecule has 3 rings (SSSR count). The number of rotatable bonds is 1. The van der Waals surface area contributed by atoms with Gasteiger partial charge < -0.3 is 5.11 Å². The second-order valence-electron chi connectivity index (χ2n) is 5.74. The molecule has 3 fully saturated rings. The lowest BCUT2D eigenvalue weighted by atomic mass is 9.99. The molecule has 5 nitrogen and oxygen atoms in total. The van der Waals surface area contributed by atoms with Crippen LogP contribution < -0.4 is 0 Å². The van der Waals surface area contributed by atoms with Crippen LogP contribution in [0, 0.1) is 0 Å². The first-order valence-corrected chi connectivity index (χ1v) is 6.45. The van der Waals surface area contributed by atoms with E-state index >= 15 is 0 Å². The van der Waals surface area contributed by atoms with E-state index in [0.717, 1.165) is 36.7 Å². The monoisotopic (exact) mass is 239 g/mol. The average Bonchev–Trinajstić information content (AvgIpc) is 2.78. The van der Waals surface area contributed by atoms with Crippen molar-refractivity contribution in [2.75, 3.05) is 13.6 Å². The highest BCUT2D eigenvalue weighted by molar-refractivity contribution is 5.88. The van der Waals surface area contributed by atoms with Gasteiger partial charge in [-0.3, -0.25) is 14.2 Å². The van der Waals surface area contributed by atoms with E-state index in [1.54, 1.807) is 4.90 Å². The number of hydrogen-bond donors (Lipinski definition) is 1. The number of carboxylic acid groups (broad SMARTS) is 1. The van der Waals surface area contributed by atoms with Crippen LogP contribution in [0.5, 0.6) is 0 Å². The molecule has 1 N–H and O–H groups in total. The summed E-state index contributed by atoms with van der Waals surface area (Å²) in [5, 5.41) is 9.25. The molecule has 94 valence electrons. The molecule has 5 heteroatoms. The van der Waals surface area contributed by atoms with Crippen molar-refractivity contribution in [3.05, 3.63) is 0 Å². The SMILES string of the molecule is C[N+]12CCCC1C(=O)N1C(C(=O)O)CCCC12. The molecule has 4 atom stereocenters. The summed E-state index contributed by atoms with van der Waals surface area (Å²) in [6.07, 6.45) is 4.63. The minimum Gasteiger partial charge on any atom is -0.480 e. The molecule has 0 aliphatic carbocycles. The van der Waals surface area contributed by atoms with Crippen LogP contribution in [-0.2, 0) is 9.59 Å². The number of carboxylic acids is 1. The standard InChI is InChI=1S/C12H18N2O3/c1-14-7-3-5-9(14)11(15)13-8(12(16)17)4-2-6-10(13)14/h8-10H,2-7H2,1H3/p+1. The molecule has 0 aromatic heterocycles. The molecule has 0 radical (unpaired) electrons. The second-order valence-corrected chi connectivity index (χ2v) is 5.74. The van der Waals surface area contributed by atoms with Crippen molar-refractivity contribution in [3.8, 4) is 0 Å². The smallest absolute Gasteiger partial charge is 0.326 e. The number of amides is 1. The number of quaternary nitrogens is 1. The van der Waals surface area contributed by atoms with Gasteiger partial charge >= 0.3 is 5.97 Å². The first-order valence-electron chi connectivity index (χ1n) is 6.45. The molecule has 1 amide bonds. The normalized spacial score (nSPS) is 44.6. The lowest BCUT2D eigenvalue weighted by Crippen LogP contribution is -2.57. The highest BCUT2D eigenvalue weighted by Crippen LogP contribution is 2.43. The van der Waals surface area contributed by atoms with Crippen LogP contribution in [0.4, 0.5) is 0 Å². The quantitative estimate of drug-likeness (QED) is 0.674. The minimum atomic E-state index is -0.837. The number of hydrogen-bond acceptors (Lipinski definition) is 2. The van der Waals surface area contributed by atoms with Crippen molar-refractivity contribution >= 4 is 11.9 Å². The molecular weight excluding hydrogens is 220 g/mol. The summed E-state index contributed by atoms with van der Waals surface area (Å²) in [7, 11) is 2.13. The molecule has 0 bridgehead atoms. The number of nitrogens with zero attached hydrogens (tertiary/aromatic N) is 2. The van der Waals surface area contributed by atoms with Gasteiger partial charge in [0.2, 0.25) is 0 Å². The molecule has 3 aliphatic heterocycles. The predicted octanol–water partition coefficient (Wildman–Crippen LogP) is 0.401. The van der Waals surface area contributed by atoms with Gasteiger partial charge in [0, 0.05) is 19.3 Å². The molecule has 3 saturated heterocycles. The Bertz CT molecular complexity index is 384. The fourth-order valence-electron chi connectivity index (χ4n) is 4.08. The van der Waals surface area contributed by atoms with Gasteiger partial charge in [0.05, 0.1) is 13.6 Å². The van der Waals surface area contributed by atoms with Crippen LogP contribution in [0.2, 0.25) is 0 Å². The zero-order chi connectivity index (χ0) is 12.2. The topological polar surface area (TPSA) is 57.6 Å². The highest BCUT2D eigenvalue weighted by Gasteiger charge is 2.62. The summed E-state index contributed by atoms with van der Waals surface area (Å²) in [5.41, 5.74) is 0. The third-order valence-electron chi connectivity index (χ3n) is 4.93. The third-order valence-corrected chi connectivity index (χ3v) is 4.93. The fourth-order valence-corrected chi connectivity index (χ4v) is 4.08. The highest BCUT2D eigenvalue weighted by atomic mass is 16.4. The number of carbonyl (C=O) groups is 2. The van der Waals surface area contributed by atoms with E-state index in [9.17, 15) is 14.7 Å². The Morgan fingerprint density at radius 2 is 2.12 bits per heavy atom. The lowest BCUT2D eigenvalue weighted by molar-refractivity contribution is -0.935. The van der Waals surface area contributed by atoms with Gasteiger partial charge in [0.15, 0.2) is 12.2 Å². The first kappa shape index (κ1) is 11.0. The second kappa shape index (κ2) is 3.45. The van der Waals surface area contributed by atoms with Gasteiger partial charge in [-0.15, -0.1) is 0 Å². The summed E-state index contributed by atoms with van der Waals surface area (Å²) >= 11 is 0. The average molecular weight is 239 g/mol. The number of fused-ring (bicyclic) bond motifs is 3. The molecule has 0 saturated carbocycles. The van der Waals surface area contributed by atoms with Crippen molar-refractivity contribution < 1.29 is 19.2 Å². The Balaban J connectivity index is 1.98. The van der Waals surface area contributed by atoms with E-state index in [1.807, 2.05) is 0 Å². The maximum Gasteiger partial charge on any atom is 0.326 e. The van der Waals surface area contributed by atoms with Gasteiger partial charge in [-0.25, -0.2) is 4.79 Å². The number of likely N-dealkylation sites (N-methyl/N-ethyl adjacent to an activating group) is 1. The van der Waals surface area contributed by atoms with Crippen molar-refractivity contribution in [3.63, 3.8) is 0 Å². The van der Waals surface area contributed by atoms with E-state index in [2.05, 4.69) is 7.05 Å². The summed E-state index contributed by atoms with van der Waals surface area (Å²) < 4.78 is 0.766. The van der Waals surface area contributed by atoms with Gasteiger partial charge in [-0.05, 0) is 12.8 Å². The summed E-state index contributed by atoms with van der Waals surface area (Å²) in [6, 6.07) is -0.554. The van der Waals surface area contributed by atoms with Crippen LogP contribution in [0.3, 0.4) is 0 Å². The van der Waals surface area contributed by atoms with Crippen LogP contribution in [-0.4, -0.2) is 58.2 Å². The van der Waals surface area contributed by atoms with Crippen LogP contribution in [0.25, 0.3) is 0 Å². The van der Waals surface area contributed by atoms with E-state index < -0.39 is 12.0 Å². The Kier molecular flexibility index (Phi) is 2.23. The zero-order valence-electron chi connectivity index (χ0n) is 10.1. The molecule has 4 unspecified atom stereocenters.